The number of halogens is 1. The second-order valence-electron chi connectivity index (χ2n) is 4.30. The van der Waals surface area contributed by atoms with Crippen molar-refractivity contribution in [2.45, 2.75) is 26.3 Å². The van der Waals surface area contributed by atoms with Crippen LogP contribution in [-0.4, -0.2) is 16.3 Å². The molecule has 0 aliphatic carbocycles. The zero-order valence-electron chi connectivity index (χ0n) is 11.0. The van der Waals surface area contributed by atoms with Crippen molar-refractivity contribution in [1.29, 1.82) is 0 Å². The highest BCUT2D eigenvalue weighted by atomic mass is 35.5. The van der Waals surface area contributed by atoms with Crippen LogP contribution in [0, 0.1) is 0 Å². The van der Waals surface area contributed by atoms with Crippen molar-refractivity contribution in [3.8, 4) is 11.5 Å². The molecular formula is C14H18ClN3O. The van der Waals surface area contributed by atoms with Gasteiger partial charge < -0.3 is 10.5 Å². The maximum absolute atomic E-state index is 6.17. The van der Waals surface area contributed by atoms with Crippen LogP contribution in [0.4, 0.5) is 0 Å². The molecule has 102 valence electrons. The van der Waals surface area contributed by atoms with E-state index in [4.69, 9.17) is 22.1 Å². The number of nitrogens with zero attached hydrogens (tertiary/aromatic N) is 2. The van der Waals surface area contributed by atoms with E-state index < -0.39 is 0 Å². The lowest BCUT2D eigenvalue weighted by molar-refractivity contribution is 0.474. The summed E-state index contributed by atoms with van der Waals surface area (Å²) in [5.74, 6) is 1.46. The van der Waals surface area contributed by atoms with Gasteiger partial charge in [0.15, 0.2) is 5.75 Å². The second kappa shape index (κ2) is 6.59. The van der Waals surface area contributed by atoms with Crippen LogP contribution < -0.4 is 10.5 Å². The van der Waals surface area contributed by atoms with Gasteiger partial charge in [-0.2, -0.15) is 5.10 Å². The molecule has 2 rings (SSSR count). The van der Waals surface area contributed by atoms with Gasteiger partial charge in [-0.25, -0.2) is 0 Å². The summed E-state index contributed by atoms with van der Waals surface area (Å²) in [4.78, 5) is 0. The molecule has 0 spiro atoms. The molecule has 1 heterocycles. The van der Waals surface area contributed by atoms with Gasteiger partial charge >= 0.3 is 0 Å². The SMILES string of the molecule is CCCn1cc(Oc2cccc(Cl)c2CCN)cn1. The maximum Gasteiger partial charge on any atom is 0.165 e. The van der Waals surface area contributed by atoms with Gasteiger partial charge in [0.2, 0.25) is 0 Å². The zero-order chi connectivity index (χ0) is 13.7. The molecular weight excluding hydrogens is 262 g/mol. The van der Waals surface area contributed by atoms with E-state index in [2.05, 4.69) is 12.0 Å². The molecule has 0 amide bonds. The summed E-state index contributed by atoms with van der Waals surface area (Å²) in [6.45, 7) is 3.53. The molecule has 0 aliphatic heterocycles. The van der Waals surface area contributed by atoms with E-state index in [1.807, 2.05) is 29.1 Å². The summed E-state index contributed by atoms with van der Waals surface area (Å²) in [5.41, 5.74) is 6.54. The normalized spacial score (nSPS) is 10.7. The van der Waals surface area contributed by atoms with Gasteiger partial charge in [0, 0.05) is 17.1 Å². The Bertz CT molecular complexity index is 539. The summed E-state index contributed by atoms with van der Waals surface area (Å²) >= 11 is 6.17. The van der Waals surface area contributed by atoms with Crippen molar-refractivity contribution in [2.24, 2.45) is 5.73 Å². The van der Waals surface area contributed by atoms with Gasteiger partial charge in [0.25, 0.3) is 0 Å². The first-order valence-electron chi connectivity index (χ1n) is 6.42. The zero-order valence-corrected chi connectivity index (χ0v) is 11.7. The fourth-order valence-corrected chi connectivity index (χ4v) is 2.16. The Morgan fingerprint density at radius 2 is 2.26 bits per heavy atom. The first-order valence-corrected chi connectivity index (χ1v) is 6.80. The number of rotatable bonds is 6. The summed E-state index contributed by atoms with van der Waals surface area (Å²) in [6, 6.07) is 5.61. The van der Waals surface area contributed by atoms with E-state index in [-0.39, 0.29) is 0 Å². The first-order chi connectivity index (χ1) is 9.24. The van der Waals surface area contributed by atoms with Crippen molar-refractivity contribution < 1.29 is 4.74 Å². The van der Waals surface area contributed by atoms with Crippen LogP contribution in [0.15, 0.2) is 30.6 Å². The largest absolute Gasteiger partial charge is 0.454 e. The molecule has 4 nitrogen and oxygen atoms in total. The molecule has 1 aromatic carbocycles. The van der Waals surface area contributed by atoms with E-state index >= 15 is 0 Å². The summed E-state index contributed by atoms with van der Waals surface area (Å²) in [7, 11) is 0. The van der Waals surface area contributed by atoms with Gasteiger partial charge in [-0.1, -0.05) is 24.6 Å². The fraction of sp³-hybridized carbons (Fsp3) is 0.357. The van der Waals surface area contributed by atoms with E-state index in [0.717, 1.165) is 24.3 Å². The van der Waals surface area contributed by atoms with Crippen molar-refractivity contribution in [3.05, 3.63) is 41.2 Å². The Balaban J connectivity index is 2.19. The molecule has 0 saturated carbocycles. The molecule has 0 fully saturated rings. The molecule has 0 radical (unpaired) electrons. The average molecular weight is 280 g/mol. The standard InChI is InChI=1S/C14H18ClN3O/c1-2-8-18-10-11(9-17-18)19-14-5-3-4-13(15)12(14)6-7-16/h3-5,9-10H,2,6-8,16H2,1H3. The lowest BCUT2D eigenvalue weighted by atomic mass is 10.1. The highest BCUT2D eigenvalue weighted by molar-refractivity contribution is 6.31. The topological polar surface area (TPSA) is 53.1 Å². The average Bonchev–Trinajstić information content (AvgIpc) is 2.82. The summed E-state index contributed by atoms with van der Waals surface area (Å²) in [5, 5.41) is 4.92. The molecule has 1 aromatic heterocycles. The minimum atomic E-state index is 0.537. The number of nitrogens with two attached hydrogens (primary N) is 1. The summed E-state index contributed by atoms with van der Waals surface area (Å²) < 4.78 is 7.71. The minimum Gasteiger partial charge on any atom is -0.454 e. The lowest BCUT2D eigenvalue weighted by Gasteiger charge is -2.10. The molecule has 0 bridgehead atoms. The third kappa shape index (κ3) is 3.49. The molecule has 0 unspecified atom stereocenters. The van der Waals surface area contributed by atoms with Gasteiger partial charge in [0.05, 0.1) is 12.4 Å². The Morgan fingerprint density at radius 1 is 1.42 bits per heavy atom. The number of ether oxygens (including phenoxy) is 1. The molecule has 2 N–H and O–H groups in total. The monoisotopic (exact) mass is 279 g/mol. The van der Waals surface area contributed by atoms with Crippen molar-refractivity contribution >= 4 is 11.6 Å². The first kappa shape index (κ1) is 13.9. The predicted molar refractivity (Wildman–Crippen MR) is 76.8 cm³/mol. The highest BCUT2D eigenvalue weighted by Gasteiger charge is 2.09. The Hall–Kier alpha value is -1.52. The third-order valence-corrected chi connectivity index (χ3v) is 3.11. The van der Waals surface area contributed by atoms with Crippen LogP contribution in [0.25, 0.3) is 0 Å². The van der Waals surface area contributed by atoms with E-state index in [1.54, 1.807) is 6.20 Å². The van der Waals surface area contributed by atoms with Gasteiger partial charge in [-0.05, 0) is 31.5 Å². The summed E-state index contributed by atoms with van der Waals surface area (Å²) in [6.07, 6.45) is 5.33. The smallest absolute Gasteiger partial charge is 0.165 e. The Morgan fingerprint density at radius 3 is 3.00 bits per heavy atom. The molecule has 0 aliphatic rings. The van der Waals surface area contributed by atoms with Crippen molar-refractivity contribution in [2.75, 3.05) is 6.54 Å². The minimum absolute atomic E-state index is 0.537. The van der Waals surface area contributed by atoms with E-state index in [1.165, 1.54) is 0 Å². The lowest BCUT2D eigenvalue weighted by Crippen LogP contribution is -2.04. The van der Waals surface area contributed by atoms with Gasteiger partial charge in [-0.3, -0.25) is 4.68 Å². The molecule has 19 heavy (non-hydrogen) atoms. The third-order valence-electron chi connectivity index (χ3n) is 2.76. The second-order valence-corrected chi connectivity index (χ2v) is 4.70. The van der Waals surface area contributed by atoms with Crippen LogP contribution in [0.1, 0.15) is 18.9 Å². The Labute approximate surface area is 118 Å². The van der Waals surface area contributed by atoms with Gasteiger partial charge in [-0.15, -0.1) is 0 Å². The van der Waals surface area contributed by atoms with Crippen LogP contribution in [0.5, 0.6) is 11.5 Å². The number of aromatic nitrogens is 2. The number of aryl methyl sites for hydroxylation is 1. The number of hydrogen-bond donors (Lipinski definition) is 1. The van der Waals surface area contributed by atoms with Crippen LogP contribution >= 0.6 is 11.6 Å². The van der Waals surface area contributed by atoms with Crippen LogP contribution in [-0.2, 0) is 13.0 Å². The van der Waals surface area contributed by atoms with E-state index in [0.29, 0.717) is 23.7 Å². The number of benzene rings is 1. The van der Waals surface area contributed by atoms with Crippen LogP contribution in [0.2, 0.25) is 5.02 Å². The quantitative estimate of drug-likeness (QED) is 0.883. The predicted octanol–water partition coefficient (Wildman–Crippen LogP) is 3.24. The maximum atomic E-state index is 6.17. The molecule has 5 heteroatoms. The van der Waals surface area contributed by atoms with Crippen molar-refractivity contribution in [1.82, 2.24) is 9.78 Å². The molecule has 0 saturated heterocycles. The van der Waals surface area contributed by atoms with Crippen molar-refractivity contribution in [3.63, 3.8) is 0 Å². The van der Waals surface area contributed by atoms with Gasteiger partial charge in [0.1, 0.15) is 5.75 Å². The molecule has 0 atom stereocenters. The number of hydrogen-bond acceptors (Lipinski definition) is 3. The Kier molecular flexibility index (Phi) is 4.82. The highest BCUT2D eigenvalue weighted by Crippen LogP contribution is 2.30. The fourth-order valence-electron chi connectivity index (χ4n) is 1.90. The molecule has 2 aromatic rings. The van der Waals surface area contributed by atoms with E-state index in [9.17, 15) is 0 Å². The van der Waals surface area contributed by atoms with Crippen LogP contribution in [0.3, 0.4) is 0 Å².